The molecule has 0 aliphatic heterocycles. The molecule has 8 heteroatoms. The molecular formula is CH3Ca2KO5. The number of hydrogen-bond donors (Lipinski definition) is 0. The van der Waals surface area contributed by atoms with E-state index in [0.717, 1.165) is 0 Å². The fourth-order valence-corrected chi connectivity index (χ4v) is 0. The van der Waals surface area contributed by atoms with Crippen molar-refractivity contribution >= 4 is 133 Å². The molecule has 0 aromatic heterocycles. The van der Waals surface area contributed by atoms with Gasteiger partial charge in [-0.3, -0.25) is 0 Å². The number of rotatable bonds is 0. The summed E-state index contributed by atoms with van der Waals surface area (Å²) in [5, 5.41) is 16.7. The molecule has 9 heavy (non-hydrogen) atoms. The maximum atomic E-state index is 8.33. The summed E-state index contributed by atoms with van der Waals surface area (Å²) < 4.78 is 0. The van der Waals surface area contributed by atoms with E-state index in [1.54, 1.807) is 0 Å². The molecule has 0 spiro atoms. The Labute approximate surface area is 155 Å². The van der Waals surface area contributed by atoms with Crippen molar-refractivity contribution in [3.05, 3.63) is 0 Å². The van der Waals surface area contributed by atoms with Gasteiger partial charge in [0.2, 0.25) is 0 Å². The number of carboxylic acid groups (broad SMARTS) is 2. The van der Waals surface area contributed by atoms with Crippen molar-refractivity contribution in [1.29, 1.82) is 0 Å². The van der Waals surface area contributed by atoms with E-state index in [9.17, 15) is 0 Å². The summed E-state index contributed by atoms with van der Waals surface area (Å²) in [7, 11) is 0. The van der Waals surface area contributed by atoms with Crippen LogP contribution in [0, 0.1) is 0 Å². The molecule has 0 rings (SSSR count). The van der Waals surface area contributed by atoms with Gasteiger partial charge in [0.1, 0.15) is 0 Å². The summed E-state index contributed by atoms with van der Waals surface area (Å²) >= 11 is 0. The van der Waals surface area contributed by atoms with Crippen LogP contribution in [0.1, 0.15) is 0 Å². The molecule has 42 valence electrons. The summed E-state index contributed by atoms with van der Waals surface area (Å²) in [5.74, 6) is 0. The van der Waals surface area contributed by atoms with Crippen LogP contribution in [0.4, 0.5) is 4.79 Å². The molecule has 0 amide bonds. The van der Waals surface area contributed by atoms with E-state index in [2.05, 4.69) is 0 Å². The van der Waals surface area contributed by atoms with Crippen molar-refractivity contribution in [3.8, 4) is 0 Å². The molecule has 5 nitrogen and oxygen atoms in total. The average Bonchev–Trinajstić information content (AvgIpc) is 0.811. The van der Waals surface area contributed by atoms with E-state index in [1.165, 1.54) is 0 Å². The fourth-order valence-electron chi connectivity index (χ4n) is 0. The summed E-state index contributed by atoms with van der Waals surface area (Å²) in [6.45, 7) is 0. The van der Waals surface area contributed by atoms with E-state index in [-0.39, 0.29) is 138 Å². The fraction of sp³-hybridized carbons (Fsp3) is 0. The zero-order valence-electron chi connectivity index (χ0n) is 4.03. The molecule has 2 N–H and O–H groups in total. The summed E-state index contributed by atoms with van der Waals surface area (Å²) in [6.07, 6.45) is -2.33. The third-order valence-corrected chi connectivity index (χ3v) is 0. The second-order valence-electron chi connectivity index (χ2n) is 0.250. The topological polar surface area (TPSA) is 123 Å². The van der Waals surface area contributed by atoms with Crippen LogP contribution in [0.3, 0.4) is 0 Å². The minimum atomic E-state index is -2.33. The molecule has 0 saturated carbocycles. The Morgan fingerprint density at radius 1 is 1.00 bits per heavy atom. The Balaban J connectivity index is -0.00000000450. The van der Waals surface area contributed by atoms with Gasteiger partial charge in [-0.2, -0.15) is 0 Å². The van der Waals surface area contributed by atoms with Crippen LogP contribution in [-0.4, -0.2) is 144 Å². The molecule has 0 aliphatic carbocycles. The van der Waals surface area contributed by atoms with Gasteiger partial charge in [-0.15, -0.1) is 0 Å². The van der Waals surface area contributed by atoms with E-state index >= 15 is 0 Å². The van der Waals surface area contributed by atoms with Gasteiger partial charge in [-0.1, -0.05) is 0 Å². The van der Waals surface area contributed by atoms with Gasteiger partial charge in [0.25, 0.3) is 0 Å². The van der Waals surface area contributed by atoms with Gasteiger partial charge in [0, 0.05) is 0 Å². The zero-order chi connectivity index (χ0) is 3.58. The van der Waals surface area contributed by atoms with Gasteiger partial charge in [0.15, 0.2) is 0 Å². The first kappa shape index (κ1) is 39.5. The maximum absolute atomic E-state index is 8.33. The third kappa shape index (κ3) is 88.5. The van der Waals surface area contributed by atoms with Crippen LogP contribution in [0.5, 0.6) is 0 Å². The van der Waals surface area contributed by atoms with Gasteiger partial charge in [-0.25, -0.2) is 0 Å². The Kier molecular flexibility index (Phi) is 132. The van der Waals surface area contributed by atoms with Crippen LogP contribution in [-0.2, 0) is 0 Å². The Hall–Kier alpha value is 3.35. The molecule has 0 unspecified atom stereocenters. The molecule has 0 aromatic carbocycles. The third-order valence-electron chi connectivity index (χ3n) is 0. The van der Waals surface area contributed by atoms with Crippen molar-refractivity contribution in [3.63, 3.8) is 0 Å². The average molecular weight is 214 g/mol. The molecule has 0 bridgehead atoms. The quantitative estimate of drug-likeness (QED) is 0.378. The smallest absolute Gasteiger partial charge is 0.870 e. The Morgan fingerprint density at radius 3 is 1.00 bits per heavy atom. The van der Waals surface area contributed by atoms with Crippen LogP contribution in [0.25, 0.3) is 0 Å². The summed E-state index contributed by atoms with van der Waals surface area (Å²) in [6, 6.07) is 0. The second kappa shape index (κ2) is 30.2. The monoisotopic (exact) mass is 214 g/mol. The molecule has 0 aliphatic rings. The number of carbonyl (C=O) groups excluding carboxylic acids is 1. The molecule has 0 atom stereocenters. The molecule has 0 aromatic rings. The van der Waals surface area contributed by atoms with Crippen molar-refractivity contribution in [1.82, 2.24) is 0 Å². The summed E-state index contributed by atoms with van der Waals surface area (Å²) in [4.78, 5) is 8.33. The maximum Gasteiger partial charge on any atom is -0.870 e. The predicted molar refractivity (Wildman–Crippen MR) is 27.9 cm³/mol. The number of hydrogen-bond acceptors (Lipinski definition) is 5. The zero-order valence-corrected chi connectivity index (χ0v) is 8.45. The van der Waals surface area contributed by atoms with E-state index in [1.807, 2.05) is 0 Å². The van der Waals surface area contributed by atoms with Crippen molar-refractivity contribution in [2.75, 3.05) is 0 Å². The van der Waals surface area contributed by atoms with E-state index in [0.29, 0.717) is 0 Å². The first-order valence-corrected chi connectivity index (χ1v) is 0.612. The van der Waals surface area contributed by atoms with Gasteiger partial charge in [-0.05, 0) is 6.16 Å². The minimum Gasteiger partial charge on any atom is -0.870 e. The largest absolute Gasteiger partial charge is 0.870 e. The van der Waals surface area contributed by atoms with Crippen molar-refractivity contribution < 1.29 is 26.0 Å². The summed E-state index contributed by atoms with van der Waals surface area (Å²) in [5.41, 5.74) is 0. The van der Waals surface area contributed by atoms with E-state index in [4.69, 9.17) is 15.0 Å². The van der Waals surface area contributed by atoms with Crippen LogP contribution in [0.2, 0.25) is 0 Å². The van der Waals surface area contributed by atoms with Crippen molar-refractivity contribution in [2.45, 2.75) is 0 Å². The van der Waals surface area contributed by atoms with Gasteiger partial charge >= 0.3 is 127 Å². The molecule has 0 radical (unpaired) electrons. The first-order valence-electron chi connectivity index (χ1n) is 0.612. The first-order chi connectivity index (χ1) is 1.73. The predicted octanol–water partition coefficient (Wildman–Crippen LogP) is -4.21. The Bertz CT molecular complexity index is 37.9. The van der Waals surface area contributed by atoms with Gasteiger partial charge < -0.3 is 26.0 Å². The minimum absolute atomic E-state index is 0. The second-order valence-corrected chi connectivity index (χ2v) is 0.250. The molecular weight excluding hydrogens is 211 g/mol. The molecule has 0 heterocycles. The Morgan fingerprint density at radius 2 is 1.00 bits per heavy atom. The van der Waals surface area contributed by atoms with E-state index < -0.39 is 6.16 Å². The SMILES string of the molecule is O=C([O-])[O-].[Ca+2].[Ca+2].[KH].[OH-].[OH-]. The standard InChI is InChI=1S/CH2O3.2Ca.K.2H2O.H/c2-1(3)4;;;;;;/h(H2,2,3,4);;;;2*1H2;/q;2*+2;;;;/p-4. The molecule has 0 fully saturated rings. The van der Waals surface area contributed by atoms with Gasteiger partial charge in [0.05, 0.1) is 0 Å². The van der Waals surface area contributed by atoms with Crippen LogP contribution >= 0.6 is 0 Å². The number of carbonyl (C=O) groups is 1. The van der Waals surface area contributed by atoms with Crippen LogP contribution < -0.4 is 10.2 Å². The normalized spacial score (nSPS) is 2.67. The van der Waals surface area contributed by atoms with Crippen LogP contribution in [0.15, 0.2) is 0 Å². The van der Waals surface area contributed by atoms with Crippen molar-refractivity contribution in [2.24, 2.45) is 0 Å². The molecule has 0 saturated heterocycles.